The monoisotopic (exact) mass is 383 g/mol. The molecule has 0 aliphatic rings. The molecule has 0 aliphatic heterocycles. The quantitative estimate of drug-likeness (QED) is 0.674. The van der Waals surface area contributed by atoms with Crippen molar-refractivity contribution in [3.8, 4) is 0 Å². The highest BCUT2D eigenvalue weighted by molar-refractivity contribution is 7.92. The maximum atomic E-state index is 13.1. The molecule has 0 heterocycles. The second kappa shape index (κ2) is 9.20. The van der Waals surface area contributed by atoms with Crippen LogP contribution in [-0.2, 0) is 10.0 Å². The van der Waals surface area contributed by atoms with Gasteiger partial charge >= 0.3 is 0 Å². The number of rotatable bonds is 7. The van der Waals surface area contributed by atoms with Gasteiger partial charge in [0.05, 0.1) is 23.2 Å². The van der Waals surface area contributed by atoms with Gasteiger partial charge in [-0.05, 0) is 45.3 Å². The number of likely N-dealkylation sites (N-methyl/N-ethyl adjacent to an activating group) is 1. The van der Waals surface area contributed by atoms with Gasteiger partial charge in [0.25, 0.3) is 10.0 Å². The number of hydrogen-bond donors (Lipinski definition) is 1. The van der Waals surface area contributed by atoms with E-state index in [0.29, 0.717) is 12.2 Å². The third-order valence-corrected chi connectivity index (χ3v) is 5.41. The van der Waals surface area contributed by atoms with Crippen LogP contribution < -0.4 is 16.7 Å². The van der Waals surface area contributed by atoms with Gasteiger partial charge in [0.1, 0.15) is 0 Å². The molecule has 5 nitrogen and oxygen atoms in total. The van der Waals surface area contributed by atoms with Crippen LogP contribution in [0.1, 0.15) is 5.56 Å². The Morgan fingerprint density at radius 1 is 0.960 bits per heavy atom. The van der Waals surface area contributed by atoms with Gasteiger partial charge in [-0.2, -0.15) is 0 Å². The molecule has 1 unspecified atom stereocenters. The smallest absolute Gasteiger partial charge is 0.264 e. The molecule has 0 spiro atoms. The highest BCUT2D eigenvalue weighted by atomic mass is 35.5. The Balaban J connectivity index is 0.00000312. The van der Waals surface area contributed by atoms with Gasteiger partial charge in [0.15, 0.2) is 0 Å². The standard InChI is InChI=1S/C18H24N2O3S.ClH/c1-15-9-11-18(12-10-15)24(22,23)20(14-17(21)13-19(2)3)16-7-5-4-6-8-16;/h4-12,17,21H,13-14H2,1-3H3;1H/p-1. The summed E-state index contributed by atoms with van der Waals surface area (Å²) in [4.78, 5) is 2.04. The fourth-order valence-electron chi connectivity index (χ4n) is 2.44. The number of halogens is 1. The van der Waals surface area contributed by atoms with Gasteiger partial charge in [-0.25, -0.2) is 8.42 Å². The summed E-state index contributed by atoms with van der Waals surface area (Å²) in [7, 11) is -0.0712. The summed E-state index contributed by atoms with van der Waals surface area (Å²) in [5.41, 5.74) is 1.53. The zero-order valence-corrected chi connectivity index (χ0v) is 16.2. The zero-order chi connectivity index (χ0) is 17.7. The summed E-state index contributed by atoms with van der Waals surface area (Å²) in [5, 5.41) is 10.3. The number of anilines is 1. The Morgan fingerprint density at radius 3 is 2.04 bits per heavy atom. The van der Waals surface area contributed by atoms with Gasteiger partial charge in [-0.15, -0.1) is 0 Å². The average molecular weight is 384 g/mol. The van der Waals surface area contributed by atoms with Gasteiger partial charge in [-0.3, -0.25) is 4.31 Å². The van der Waals surface area contributed by atoms with Crippen LogP contribution in [-0.4, -0.2) is 51.7 Å². The van der Waals surface area contributed by atoms with Crippen LogP contribution in [0.15, 0.2) is 59.5 Å². The van der Waals surface area contributed by atoms with Gasteiger partial charge < -0.3 is 22.4 Å². The topological polar surface area (TPSA) is 60.9 Å². The second-order valence-corrected chi connectivity index (χ2v) is 7.96. The molecule has 0 saturated carbocycles. The number of benzene rings is 2. The molecule has 138 valence electrons. The van der Waals surface area contributed by atoms with Crippen molar-refractivity contribution in [1.82, 2.24) is 4.90 Å². The Hall–Kier alpha value is -1.60. The number of sulfonamides is 1. The Morgan fingerprint density at radius 2 is 1.52 bits per heavy atom. The molecule has 25 heavy (non-hydrogen) atoms. The van der Waals surface area contributed by atoms with Crippen molar-refractivity contribution >= 4 is 15.7 Å². The van der Waals surface area contributed by atoms with Crippen LogP contribution in [0, 0.1) is 6.92 Å². The lowest BCUT2D eigenvalue weighted by molar-refractivity contribution is -0.00000967. The maximum Gasteiger partial charge on any atom is 0.264 e. The molecule has 0 aromatic heterocycles. The molecule has 1 atom stereocenters. The summed E-state index contributed by atoms with van der Waals surface area (Å²) in [6.45, 7) is 2.29. The SMILES string of the molecule is Cc1ccc(S(=O)(=O)N(CC(O)CN(C)C)c2ccccc2)cc1.[Cl-]. The lowest BCUT2D eigenvalue weighted by Crippen LogP contribution is -3.00. The van der Waals surface area contributed by atoms with E-state index in [1.165, 1.54) is 4.31 Å². The predicted molar refractivity (Wildman–Crippen MR) is 96.7 cm³/mol. The highest BCUT2D eigenvalue weighted by Crippen LogP contribution is 2.24. The summed E-state index contributed by atoms with van der Waals surface area (Å²) in [6.07, 6.45) is -0.791. The third kappa shape index (κ3) is 5.71. The first-order valence-electron chi connectivity index (χ1n) is 7.78. The van der Waals surface area contributed by atoms with E-state index < -0.39 is 16.1 Å². The van der Waals surface area contributed by atoms with E-state index in [0.717, 1.165) is 5.56 Å². The number of para-hydroxylation sites is 1. The molecule has 2 rings (SSSR count). The average Bonchev–Trinajstić information content (AvgIpc) is 2.53. The normalized spacial score (nSPS) is 12.5. The minimum absolute atomic E-state index is 0. The zero-order valence-electron chi connectivity index (χ0n) is 14.6. The minimum atomic E-state index is -3.75. The molecule has 0 fully saturated rings. The predicted octanol–water partition coefficient (Wildman–Crippen LogP) is -0.883. The molecular weight excluding hydrogens is 360 g/mol. The first-order valence-corrected chi connectivity index (χ1v) is 9.22. The van der Waals surface area contributed by atoms with E-state index in [1.807, 2.05) is 32.0 Å². The first-order chi connectivity index (χ1) is 11.3. The van der Waals surface area contributed by atoms with Gasteiger partial charge in [0, 0.05) is 6.54 Å². The fourth-order valence-corrected chi connectivity index (χ4v) is 3.95. The summed E-state index contributed by atoms with van der Waals surface area (Å²) >= 11 is 0. The van der Waals surface area contributed by atoms with Crippen LogP contribution >= 0.6 is 0 Å². The molecule has 0 aliphatic carbocycles. The molecule has 1 N–H and O–H groups in total. The molecule has 2 aromatic carbocycles. The number of aliphatic hydroxyl groups excluding tert-OH is 1. The van der Waals surface area contributed by atoms with E-state index in [4.69, 9.17) is 0 Å². The number of aliphatic hydroxyl groups is 1. The first kappa shape index (κ1) is 21.4. The molecule has 0 radical (unpaired) electrons. The van der Waals surface area contributed by atoms with Crippen molar-refractivity contribution in [1.29, 1.82) is 0 Å². The van der Waals surface area contributed by atoms with E-state index in [1.54, 1.807) is 48.5 Å². The number of nitrogens with zero attached hydrogens (tertiary/aromatic N) is 2. The molecular formula is C18H24ClN2O3S-. The summed E-state index contributed by atoms with van der Waals surface area (Å²) in [6, 6.07) is 15.6. The van der Waals surface area contributed by atoms with Crippen LogP contribution in [0.25, 0.3) is 0 Å². The summed E-state index contributed by atoms with van der Waals surface area (Å²) in [5.74, 6) is 0. The molecule has 0 saturated heterocycles. The van der Waals surface area contributed by atoms with Crippen LogP contribution in [0.2, 0.25) is 0 Å². The van der Waals surface area contributed by atoms with E-state index in [2.05, 4.69) is 0 Å². The molecule has 0 amide bonds. The van der Waals surface area contributed by atoms with E-state index in [9.17, 15) is 13.5 Å². The van der Waals surface area contributed by atoms with Crippen molar-refractivity contribution in [3.63, 3.8) is 0 Å². The highest BCUT2D eigenvalue weighted by Gasteiger charge is 2.27. The van der Waals surface area contributed by atoms with Crippen LogP contribution in [0.4, 0.5) is 5.69 Å². The van der Waals surface area contributed by atoms with Crippen molar-refractivity contribution in [2.45, 2.75) is 17.9 Å². The van der Waals surface area contributed by atoms with Crippen LogP contribution in [0.5, 0.6) is 0 Å². The minimum Gasteiger partial charge on any atom is -1.00 e. The van der Waals surface area contributed by atoms with Crippen molar-refractivity contribution in [3.05, 3.63) is 60.2 Å². The molecule has 0 bridgehead atoms. The molecule has 7 heteroatoms. The third-order valence-electron chi connectivity index (χ3n) is 3.61. The number of hydrogen-bond acceptors (Lipinski definition) is 4. The maximum absolute atomic E-state index is 13.1. The van der Waals surface area contributed by atoms with Crippen molar-refractivity contribution in [2.75, 3.05) is 31.5 Å². The second-order valence-electron chi connectivity index (χ2n) is 6.10. The van der Waals surface area contributed by atoms with E-state index >= 15 is 0 Å². The van der Waals surface area contributed by atoms with Gasteiger partial charge in [0.2, 0.25) is 0 Å². The molecule has 2 aromatic rings. The fraction of sp³-hybridized carbons (Fsp3) is 0.333. The van der Waals surface area contributed by atoms with Crippen LogP contribution in [0.3, 0.4) is 0 Å². The lowest BCUT2D eigenvalue weighted by atomic mass is 10.2. The van der Waals surface area contributed by atoms with Gasteiger partial charge in [-0.1, -0.05) is 35.9 Å². The Labute approximate surface area is 156 Å². The number of aryl methyl sites for hydroxylation is 1. The van der Waals surface area contributed by atoms with Crippen molar-refractivity contribution in [2.24, 2.45) is 0 Å². The Kier molecular flexibility index (Phi) is 7.89. The van der Waals surface area contributed by atoms with Crippen molar-refractivity contribution < 1.29 is 25.9 Å². The largest absolute Gasteiger partial charge is 1.00 e. The Bertz CT molecular complexity index is 750. The lowest BCUT2D eigenvalue weighted by Gasteiger charge is -2.28. The summed E-state index contributed by atoms with van der Waals surface area (Å²) < 4.78 is 27.4. The van der Waals surface area contributed by atoms with E-state index in [-0.39, 0.29) is 23.8 Å².